The molecular weight excluding hydrogens is 337 g/mol. The van der Waals surface area contributed by atoms with Crippen molar-refractivity contribution in [1.29, 1.82) is 0 Å². The van der Waals surface area contributed by atoms with E-state index in [1.165, 1.54) is 12.1 Å². The fourth-order valence-corrected chi connectivity index (χ4v) is 2.78. The molecule has 1 aromatic carbocycles. The Bertz CT molecular complexity index is 607. The van der Waals surface area contributed by atoms with Crippen molar-refractivity contribution in [3.8, 4) is 0 Å². The van der Waals surface area contributed by atoms with Crippen LogP contribution in [-0.2, 0) is 14.3 Å². The maximum absolute atomic E-state index is 13.2. The fraction of sp³-hybridized carbons (Fsp3) is 0.600. The molecule has 1 rings (SSSR count). The van der Waals surface area contributed by atoms with Crippen molar-refractivity contribution in [2.24, 2.45) is 5.92 Å². The number of rotatable bonds is 6. The number of amides is 1. The molecule has 0 radical (unpaired) electrons. The predicted molar refractivity (Wildman–Crippen MR) is 98.4 cm³/mol. The molecule has 0 spiro atoms. The highest BCUT2D eigenvalue weighted by Crippen LogP contribution is 2.30. The topological polar surface area (TPSA) is 64.6 Å². The van der Waals surface area contributed by atoms with Gasteiger partial charge in [0.2, 0.25) is 0 Å². The Morgan fingerprint density at radius 2 is 1.58 bits per heavy atom. The number of carbonyl (C=O) groups excluding carboxylic acids is 2. The third-order valence-corrected chi connectivity index (χ3v) is 3.87. The van der Waals surface area contributed by atoms with Gasteiger partial charge in [-0.05, 0) is 58.2 Å². The third kappa shape index (κ3) is 7.02. The normalized spacial score (nSPS) is 15.1. The number of alkyl carbamates (subject to hydrolysis) is 1. The van der Waals surface area contributed by atoms with Gasteiger partial charge in [0.25, 0.3) is 0 Å². The van der Waals surface area contributed by atoms with Crippen molar-refractivity contribution in [3.05, 3.63) is 35.6 Å². The number of carbonyl (C=O) groups is 2. The zero-order valence-corrected chi connectivity index (χ0v) is 16.6. The molecule has 6 heteroatoms. The van der Waals surface area contributed by atoms with E-state index < -0.39 is 29.8 Å². The highest BCUT2D eigenvalue weighted by Gasteiger charge is 2.29. The second kappa shape index (κ2) is 9.01. The lowest BCUT2D eigenvalue weighted by Crippen LogP contribution is -2.43. The van der Waals surface area contributed by atoms with Crippen LogP contribution in [0.2, 0.25) is 0 Å². The lowest BCUT2D eigenvalue weighted by atomic mass is 9.84. The van der Waals surface area contributed by atoms with Gasteiger partial charge in [0.15, 0.2) is 0 Å². The van der Waals surface area contributed by atoms with Gasteiger partial charge in [0.1, 0.15) is 23.6 Å². The van der Waals surface area contributed by atoms with Crippen LogP contribution >= 0.6 is 0 Å². The summed E-state index contributed by atoms with van der Waals surface area (Å²) in [6.07, 6.45) is -1.11. The fourth-order valence-electron chi connectivity index (χ4n) is 2.78. The van der Waals surface area contributed by atoms with E-state index in [0.29, 0.717) is 0 Å². The molecule has 0 aliphatic carbocycles. The molecule has 0 unspecified atom stereocenters. The van der Waals surface area contributed by atoms with Crippen molar-refractivity contribution < 1.29 is 23.5 Å². The van der Waals surface area contributed by atoms with Crippen molar-refractivity contribution in [3.63, 3.8) is 0 Å². The zero-order chi connectivity index (χ0) is 20.1. The molecule has 0 heterocycles. The van der Waals surface area contributed by atoms with Gasteiger partial charge in [-0.1, -0.05) is 26.0 Å². The molecule has 0 bridgehead atoms. The first kappa shape index (κ1) is 21.9. The van der Waals surface area contributed by atoms with Gasteiger partial charge in [-0.3, -0.25) is 0 Å². The van der Waals surface area contributed by atoms with Crippen LogP contribution < -0.4 is 5.32 Å². The Hall–Kier alpha value is -2.11. The molecule has 1 N–H and O–H groups in total. The largest absolute Gasteiger partial charge is 0.460 e. The molecule has 0 aliphatic heterocycles. The standard InChI is InChI=1S/C20H30FNO4/c1-12(2)17(15-8-10-16(21)11-9-15)14(4)25-18(23)13(3)22-19(24)26-20(5,6)7/h8-14,17H,1-7H3,(H,22,24)/t13-,14-,17+/m0/s1. The Balaban J connectivity index is 2.73. The van der Waals surface area contributed by atoms with Crippen LogP contribution in [0.15, 0.2) is 24.3 Å². The maximum Gasteiger partial charge on any atom is 0.408 e. The first-order valence-corrected chi connectivity index (χ1v) is 8.86. The van der Waals surface area contributed by atoms with E-state index in [2.05, 4.69) is 5.32 Å². The first-order chi connectivity index (χ1) is 11.9. The molecule has 3 atom stereocenters. The Labute approximate surface area is 155 Å². The van der Waals surface area contributed by atoms with Gasteiger partial charge in [0, 0.05) is 5.92 Å². The molecule has 0 fully saturated rings. The summed E-state index contributed by atoms with van der Waals surface area (Å²) in [7, 11) is 0. The quantitative estimate of drug-likeness (QED) is 0.757. The Morgan fingerprint density at radius 3 is 2.04 bits per heavy atom. The Morgan fingerprint density at radius 1 is 1.04 bits per heavy atom. The number of hydrogen-bond acceptors (Lipinski definition) is 4. The molecule has 0 aromatic heterocycles. The molecule has 0 saturated carbocycles. The van der Waals surface area contributed by atoms with Crippen LogP contribution in [0.1, 0.15) is 59.9 Å². The van der Waals surface area contributed by atoms with Crippen molar-refractivity contribution >= 4 is 12.1 Å². The van der Waals surface area contributed by atoms with E-state index in [4.69, 9.17) is 9.47 Å². The maximum atomic E-state index is 13.2. The number of benzene rings is 1. The van der Waals surface area contributed by atoms with Gasteiger partial charge >= 0.3 is 12.1 Å². The predicted octanol–water partition coefficient (Wildman–Crippen LogP) is 4.41. The van der Waals surface area contributed by atoms with E-state index in [9.17, 15) is 14.0 Å². The third-order valence-electron chi connectivity index (χ3n) is 3.87. The molecule has 5 nitrogen and oxygen atoms in total. The van der Waals surface area contributed by atoms with Crippen molar-refractivity contribution in [2.75, 3.05) is 0 Å². The van der Waals surface area contributed by atoms with E-state index in [0.717, 1.165) is 5.56 Å². The van der Waals surface area contributed by atoms with E-state index in [1.54, 1.807) is 46.8 Å². The van der Waals surface area contributed by atoms with Gasteiger partial charge in [-0.25, -0.2) is 14.0 Å². The lowest BCUT2D eigenvalue weighted by molar-refractivity contribution is -0.152. The lowest BCUT2D eigenvalue weighted by Gasteiger charge is -2.29. The summed E-state index contributed by atoms with van der Waals surface area (Å²) in [5.41, 5.74) is 0.251. The smallest absolute Gasteiger partial charge is 0.408 e. The number of ether oxygens (including phenoxy) is 2. The van der Waals surface area contributed by atoms with Crippen LogP contribution in [0.4, 0.5) is 9.18 Å². The summed E-state index contributed by atoms with van der Waals surface area (Å²) in [6, 6.07) is 5.35. The summed E-state index contributed by atoms with van der Waals surface area (Å²) in [5.74, 6) is -0.766. The molecule has 0 saturated heterocycles. The molecule has 1 aromatic rings. The number of nitrogens with one attached hydrogen (secondary N) is 1. The summed E-state index contributed by atoms with van der Waals surface area (Å²) in [5, 5.41) is 2.47. The summed E-state index contributed by atoms with van der Waals surface area (Å²) in [6.45, 7) is 12.6. The van der Waals surface area contributed by atoms with Crippen LogP contribution in [0.25, 0.3) is 0 Å². The monoisotopic (exact) mass is 367 g/mol. The number of hydrogen-bond donors (Lipinski definition) is 1. The molecule has 0 aliphatic rings. The summed E-state index contributed by atoms with van der Waals surface area (Å²) in [4.78, 5) is 24.1. The highest BCUT2D eigenvalue weighted by atomic mass is 19.1. The molecule has 26 heavy (non-hydrogen) atoms. The van der Waals surface area contributed by atoms with Crippen LogP contribution in [-0.4, -0.2) is 29.8 Å². The second-order valence-corrected chi connectivity index (χ2v) is 7.83. The Kier molecular flexibility index (Phi) is 7.60. The average Bonchev–Trinajstić information content (AvgIpc) is 2.46. The molecule has 1 amide bonds. The van der Waals surface area contributed by atoms with Gasteiger partial charge in [-0.15, -0.1) is 0 Å². The SMILES string of the molecule is CC(C)[C@@H](c1ccc(F)cc1)[C@H](C)OC(=O)[C@H](C)NC(=O)OC(C)(C)C. The van der Waals surface area contributed by atoms with Crippen LogP contribution in [0.3, 0.4) is 0 Å². The van der Waals surface area contributed by atoms with Crippen molar-refractivity contribution in [1.82, 2.24) is 5.32 Å². The van der Waals surface area contributed by atoms with Gasteiger partial charge in [0.05, 0.1) is 0 Å². The number of halogens is 1. The van der Waals surface area contributed by atoms with Crippen LogP contribution in [0.5, 0.6) is 0 Å². The summed E-state index contributed by atoms with van der Waals surface area (Å²) >= 11 is 0. The van der Waals surface area contributed by atoms with Gasteiger partial charge in [-0.2, -0.15) is 0 Å². The summed E-state index contributed by atoms with van der Waals surface area (Å²) < 4.78 is 23.9. The first-order valence-electron chi connectivity index (χ1n) is 8.86. The molecule has 146 valence electrons. The van der Waals surface area contributed by atoms with Crippen molar-refractivity contribution in [2.45, 2.75) is 72.1 Å². The van der Waals surface area contributed by atoms with Gasteiger partial charge < -0.3 is 14.8 Å². The minimum Gasteiger partial charge on any atom is -0.460 e. The highest BCUT2D eigenvalue weighted by molar-refractivity contribution is 5.81. The van der Waals surface area contributed by atoms with E-state index in [-0.39, 0.29) is 17.7 Å². The van der Waals surface area contributed by atoms with Crippen LogP contribution in [0, 0.1) is 11.7 Å². The molecular formula is C20H30FNO4. The zero-order valence-electron chi connectivity index (χ0n) is 16.6. The minimum atomic E-state index is -0.840. The average molecular weight is 367 g/mol. The number of esters is 1. The minimum absolute atomic E-state index is 0.0896. The second-order valence-electron chi connectivity index (χ2n) is 7.83. The van der Waals surface area contributed by atoms with E-state index >= 15 is 0 Å². The van der Waals surface area contributed by atoms with E-state index in [1.807, 2.05) is 13.8 Å².